The second-order valence-electron chi connectivity index (χ2n) is 6.87. The molecular formula is C23H25N3O6. The number of carbonyl (C=O) groups excluding carboxylic acids is 3. The van der Waals surface area contributed by atoms with E-state index in [1.165, 1.54) is 19.1 Å². The van der Waals surface area contributed by atoms with Crippen molar-refractivity contribution in [2.24, 2.45) is 5.10 Å². The first-order chi connectivity index (χ1) is 15.5. The number of benzene rings is 2. The first kappa shape index (κ1) is 22.8. The Kier molecular flexibility index (Phi) is 7.43. The minimum absolute atomic E-state index is 0.133. The Hall–Kier alpha value is -3.88. The average molecular weight is 439 g/mol. The average Bonchev–Trinajstić information content (AvgIpc) is 3.06. The fourth-order valence-corrected chi connectivity index (χ4v) is 3.29. The van der Waals surface area contributed by atoms with Gasteiger partial charge in [0.25, 0.3) is 11.8 Å². The topological polar surface area (TPSA) is 107 Å². The number of esters is 1. The Morgan fingerprint density at radius 1 is 1.03 bits per heavy atom. The van der Waals surface area contributed by atoms with Gasteiger partial charge in [-0.25, -0.2) is 4.79 Å². The lowest BCUT2D eigenvalue weighted by Crippen LogP contribution is -2.31. The van der Waals surface area contributed by atoms with Gasteiger partial charge < -0.3 is 14.2 Å². The van der Waals surface area contributed by atoms with Gasteiger partial charge in [-0.05, 0) is 37.6 Å². The molecule has 1 aliphatic heterocycles. The van der Waals surface area contributed by atoms with E-state index in [2.05, 4.69) is 10.5 Å². The molecule has 0 atom stereocenters. The monoisotopic (exact) mass is 439 g/mol. The van der Waals surface area contributed by atoms with Crippen LogP contribution in [-0.2, 0) is 9.53 Å². The van der Waals surface area contributed by atoms with Crippen molar-refractivity contribution in [3.05, 3.63) is 53.6 Å². The Bertz CT molecular complexity index is 1010. The summed E-state index contributed by atoms with van der Waals surface area (Å²) in [5, 5.41) is 4.21. The molecule has 0 bridgehead atoms. The predicted octanol–water partition coefficient (Wildman–Crippen LogP) is 3.11. The second kappa shape index (κ2) is 10.4. The lowest BCUT2D eigenvalue weighted by Gasteiger charge is -2.14. The van der Waals surface area contributed by atoms with Crippen molar-refractivity contribution in [2.75, 3.05) is 32.8 Å². The minimum Gasteiger partial charge on any atom is -0.497 e. The number of imide groups is 1. The van der Waals surface area contributed by atoms with Crippen LogP contribution in [-0.4, -0.2) is 55.8 Å². The van der Waals surface area contributed by atoms with Crippen LogP contribution in [0.1, 0.15) is 40.5 Å². The summed E-state index contributed by atoms with van der Waals surface area (Å²) in [6.07, 6.45) is 0.547. The molecule has 168 valence electrons. The molecule has 1 aliphatic rings. The molecule has 0 saturated carbocycles. The number of fused-ring (bicyclic) bond motifs is 1. The van der Waals surface area contributed by atoms with Gasteiger partial charge in [-0.2, -0.15) is 5.10 Å². The van der Waals surface area contributed by atoms with Gasteiger partial charge in [0.15, 0.2) is 0 Å². The zero-order valence-electron chi connectivity index (χ0n) is 18.2. The number of methoxy groups -OCH3 is 2. The van der Waals surface area contributed by atoms with Gasteiger partial charge in [0.1, 0.15) is 22.9 Å². The predicted molar refractivity (Wildman–Crippen MR) is 118 cm³/mol. The van der Waals surface area contributed by atoms with Crippen LogP contribution in [0.25, 0.3) is 0 Å². The molecule has 0 saturated heterocycles. The molecule has 32 heavy (non-hydrogen) atoms. The highest BCUT2D eigenvalue weighted by molar-refractivity contribution is 6.36. The number of nitrogens with one attached hydrogen (secondary N) is 1. The van der Waals surface area contributed by atoms with Crippen molar-refractivity contribution in [1.29, 1.82) is 0 Å². The Morgan fingerprint density at radius 3 is 2.31 bits per heavy atom. The van der Waals surface area contributed by atoms with Crippen molar-refractivity contribution in [3.8, 4) is 11.5 Å². The van der Waals surface area contributed by atoms with Crippen molar-refractivity contribution >= 4 is 29.2 Å². The summed E-state index contributed by atoms with van der Waals surface area (Å²) in [5.74, 6) is -0.140. The number of amides is 2. The normalized spacial score (nSPS) is 13.1. The van der Waals surface area contributed by atoms with E-state index >= 15 is 0 Å². The van der Waals surface area contributed by atoms with Crippen LogP contribution in [0.4, 0.5) is 5.69 Å². The van der Waals surface area contributed by atoms with E-state index in [0.29, 0.717) is 34.7 Å². The Morgan fingerprint density at radius 2 is 1.72 bits per heavy atom. The van der Waals surface area contributed by atoms with Gasteiger partial charge in [0.2, 0.25) is 0 Å². The maximum Gasteiger partial charge on any atom is 0.354 e. The standard InChI is InChI=1S/C23H25N3O6/c1-4-32-23(29)18(24-25-19-14-15(30-2)11-12-20(19)31-3)10-7-13-26-21(27)16-8-5-6-9-17(16)22(26)28/h5-6,8-9,11-12,14,25H,4,7,10,13H2,1-3H3/b24-18-. The largest absolute Gasteiger partial charge is 0.497 e. The molecule has 1 heterocycles. The van der Waals surface area contributed by atoms with Crippen LogP contribution in [0.2, 0.25) is 0 Å². The van der Waals surface area contributed by atoms with Crippen LogP contribution in [0.15, 0.2) is 47.6 Å². The third-order valence-corrected chi connectivity index (χ3v) is 4.90. The van der Waals surface area contributed by atoms with Crippen LogP contribution >= 0.6 is 0 Å². The zero-order chi connectivity index (χ0) is 23.1. The summed E-state index contributed by atoms with van der Waals surface area (Å²) in [4.78, 5) is 38.6. The summed E-state index contributed by atoms with van der Waals surface area (Å²) in [5.41, 5.74) is 4.25. The van der Waals surface area contributed by atoms with E-state index < -0.39 is 5.97 Å². The van der Waals surface area contributed by atoms with Crippen molar-refractivity contribution in [2.45, 2.75) is 19.8 Å². The number of hydrazone groups is 1. The molecule has 9 heteroatoms. The summed E-state index contributed by atoms with van der Waals surface area (Å²) in [7, 11) is 3.06. The van der Waals surface area contributed by atoms with Crippen LogP contribution in [0.5, 0.6) is 11.5 Å². The SMILES string of the molecule is CCOC(=O)/C(CCCN1C(=O)c2ccccc2C1=O)=N\Nc1cc(OC)ccc1OC. The second-order valence-corrected chi connectivity index (χ2v) is 6.87. The number of nitrogens with zero attached hydrogens (tertiary/aromatic N) is 2. The highest BCUT2D eigenvalue weighted by atomic mass is 16.5. The molecule has 0 radical (unpaired) electrons. The van der Waals surface area contributed by atoms with Crippen molar-refractivity contribution < 1.29 is 28.6 Å². The number of anilines is 1. The Labute approximate surface area is 185 Å². The summed E-state index contributed by atoms with van der Waals surface area (Å²) < 4.78 is 15.6. The van der Waals surface area contributed by atoms with Crippen molar-refractivity contribution in [3.63, 3.8) is 0 Å². The van der Waals surface area contributed by atoms with Crippen LogP contribution in [0.3, 0.4) is 0 Å². The van der Waals surface area contributed by atoms with Gasteiger partial charge in [-0.15, -0.1) is 0 Å². The van der Waals surface area contributed by atoms with E-state index in [4.69, 9.17) is 14.2 Å². The molecule has 0 spiro atoms. The number of carbonyl (C=O) groups is 3. The van der Waals surface area contributed by atoms with Crippen LogP contribution < -0.4 is 14.9 Å². The molecule has 1 N–H and O–H groups in total. The molecular weight excluding hydrogens is 414 g/mol. The molecule has 3 rings (SSSR count). The van der Waals surface area contributed by atoms with E-state index in [-0.39, 0.29) is 37.1 Å². The molecule has 2 aromatic rings. The number of hydrogen-bond donors (Lipinski definition) is 1. The maximum absolute atomic E-state index is 12.5. The maximum atomic E-state index is 12.5. The quantitative estimate of drug-likeness (QED) is 0.262. The zero-order valence-corrected chi connectivity index (χ0v) is 18.2. The molecule has 0 aliphatic carbocycles. The van der Waals surface area contributed by atoms with E-state index in [9.17, 15) is 14.4 Å². The summed E-state index contributed by atoms with van der Waals surface area (Å²) >= 11 is 0. The highest BCUT2D eigenvalue weighted by Crippen LogP contribution is 2.29. The first-order valence-electron chi connectivity index (χ1n) is 10.2. The smallest absolute Gasteiger partial charge is 0.354 e. The van der Waals surface area contributed by atoms with Gasteiger partial charge in [-0.3, -0.25) is 19.9 Å². The fourth-order valence-electron chi connectivity index (χ4n) is 3.29. The number of rotatable bonds is 10. The third-order valence-electron chi connectivity index (χ3n) is 4.90. The number of hydrogen-bond acceptors (Lipinski definition) is 8. The number of ether oxygens (including phenoxy) is 3. The molecule has 2 amide bonds. The van der Waals surface area contributed by atoms with Gasteiger partial charge in [0, 0.05) is 19.0 Å². The van der Waals surface area contributed by atoms with E-state index in [0.717, 1.165) is 0 Å². The summed E-state index contributed by atoms with van der Waals surface area (Å²) in [6, 6.07) is 11.8. The highest BCUT2D eigenvalue weighted by Gasteiger charge is 2.34. The lowest BCUT2D eigenvalue weighted by atomic mass is 10.1. The third kappa shape index (κ3) is 4.88. The van der Waals surface area contributed by atoms with E-state index in [1.54, 1.807) is 49.4 Å². The fraction of sp³-hybridized carbons (Fsp3) is 0.304. The van der Waals surface area contributed by atoms with Gasteiger partial charge in [0.05, 0.1) is 32.0 Å². The van der Waals surface area contributed by atoms with Crippen LogP contribution in [0, 0.1) is 0 Å². The molecule has 2 aromatic carbocycles. The van der Waals surface area contributed by atoms with Gasteiger partial charge in [-0.1, -0.05) is 12.1 Å². The molecule has 0 aromatic heterocycles. The lowest BCUT2D eigenvalue weighted by molar-refractivity contribution is -0.135. The minimum atomic E-state index is -0.579. The van der Waals surface area contributed by atoms with E-state index in [1.807, 2.05) is 0 Å². The molecule has 0 fully saturated rings. The first-order valence-corrected chi connectivity index (χ1v) is 10.2. The Balaban J connectivity index is 1.70. The molecule has 9 nitrogen and oxygen atoms in total. The van der Waals surface area contributed by atoms with Crippen molar-refractivity contribution in [1.82, 2.24) is 4.90 Å². The van der Waals surface area contributed by atoms with Gasteiger partial charge >= 0.3 is 5.97 Å². The molecule has 0 unspecified atom stereocenters. The summed E-state index contributed by atoms with van der Waals surface area (Å²) in [6.45, 7) is 2.05.